The van der Waals surface area contributed by atoms with Gasteiger partial charge < -0.3 is 9.73 Å². The summed E-state index contributed by atoms with van der Waals surface area (Å²) in [5, 5.41) is 4.56. The molecular formula is C14H19NO. The lowest BCUT2D eigenvalue weighted by molar-refractivity contribution is 0.513. The van der Waals surface area contributed by atoms with Gasteiger partial charge in [0.05, 0.1) is 6.54 Å². The second kappa shape index (κ2) is 5.17. The van der Waals surface area contributed by atoms with Gasteiger partial charge in [0.25, 0.3) is 0 Å². The van der Waals surface area contributed by atoms with Crippen molar-refractivity contribution in [2.45, 2.75) is 33.2 Å². The van der Waals surface area contributed by atoms with Crippen LogP contribution in [0.15, 0.2) is 28.7 Å². The molecule has 0 saturated carbocycles. The van der Waals surface area contributed by atoms with E-state index in [1.807, 2.05) is 0 Å². The number of aryl methyl sites for hydroxylation is 1. The number of nitrogens with one attached hydrogen (secondary N) is 1. The van der Waals surface area contributed by atoms with Crippen molar-refractivity contribution in [1.29, 1.82) is 0 Å². The zero-order valence-electron chi connectivity index (χ0n) is 10.0. The molecule has 2 aromatic rings. The maximum Gasteiger partial charge on any atom is 0.134 e. The molecule has 0 amide bonds. The van der Waals surface area contributed by atoms with Gasteiger partial charge in [0.2, 0.25) is 0 Å². The lowest BCUT2D eigenvalue weighted by atomic mass is 10.1. The van der Waals surface area contributed by atoms with Gasteiger partial charge in [-0.3, -0.25) is 0 Å². The summed E-state index contributed by atoms with van der Waals surface area (Å²) in [4.78, 5) is 0. The molecule has 0 aliphatic heterocycles. The summed E-state index contributed by atoms with van der Waals surface area (Å²) in [5.41, 5.74) is 2.35. The van der Waals surface area contributed by atoms with E-state index in [1.165, 1.54) is 10.9 Å². The number of hydrogen-bond donors (Lipinski definition) is 1. The summed E-state index contributed by atoms with van der Waals surface area (Å²) in [6.07, 6.45) is 2.23. The van der Waals surface area contributed by atoms with Gasteiger partial charge >= 0.3 is 0 Å². The molecule has 1 aromatic heterocycles. The Morgan fingerprint density at radius 3 is 2.81 bits per heavy atom. The van der Waals surface area contributed by atoms with Gasteiger partial charge in [-0.2, -0.15) is 0 Å². The van der Waals surface area contributed by atoms with E-state index >= 15 is 0 Å². The second-order valence-corrected chi connectivity index (χ2v) is 4.12. The summed E-state index contributed by atoms with van der Waals surface area (Å²) in [6, 6.07) is 8.55. The Kier molecular flexibility index (Phi) is 3.62. The molecule has 1 N–H and O–H groups in total. The highest BCUT2D eigenvalue weighted by Gasteiger charge is 2.03. The third-order valence-electron chi connectivity index (χ3n) is 2.77. The van der Waals surface area contributed by atoms with Gasteiger partial charge in [-0.05, 0) is 43.1 Å². The number of rotatable bonds is 5. The summed E-state index contributed by atoms with van der Waals surface area (Å²) < 4.78 is 5.75. The second-order valence-electron chi connectivity index (χ2n) is 4.12. The quantitative estimate of drug-likeness (QED) is 0.775. The van der Waals surface area contributed by atoms with Crippen molar-refractivity contribution in [2.24, 2.45) is 0 Å². The van der Waals surface area contributed by atoms with Crippen LogP contribution < -0.4 is 5.32 Å². The maximum atomic E-state index is 5.75. The molecule has 1 heterocycles. The fourth-order valence-electron chi connectivity index (χ4n) is 1.84. The SMILES string of the molecule is CCCNCc1cc2cc(CC)ccc2o1. The summed E-state index contributed by atoms with van der Waals surface area (Å²) in [6.45, 7) is 6.20. The number of hydrogen-bond acceptors (Lipinski definition) is 2. The lowest BCUT2D eigenvalue weighted by Crippen LogP contribution is -2.12. The molecule has 0 atom stereocenters. The van der Waals surface area contributed by atoms with Crippen LogP contribution in [0.3, 0.4) is 0 Å². The molecule has 0 fully saturated rings. The van der Waals surface area contributed by atoms with Crippen LogP contribution in [0.5, 0.6) is 0 Å². The van der Waals surface area contributed by atoms with Crippen molar-refractivity contribution < 1.29 is 4.42 Å². The van der Waals surface area contributed by atoms with Crippen LogP contribution in [0.25, 0.3) is 11.0 Å². The van der Waals surface area contributed by atoms with Crippen molar-refractivity contribution in [3.63, 3.8) is 0 Å². The predicted molar refractivity (Wildman–Crippen MR) is 67.6 cm³/mol. The highest BCUT2D eigenvalue weighted by molar-refractivity contribution is 5.78. The van der Waals surface area contributed by atoms with E-state index < -0.39 is 0 Å². The summed E-state index contributed by atoms with van der Waals surface area (Å²) in [5.74, 6) is 1.02. The lowest BCUT2D eigenvalue weighted by Gasteiger charge is -1.97. The van der Waals surface area contributed by atoms with E-state index in [0.29, 0.717) is 0 Å². The maximum absolute atomic E-state index is 5.75. The molecule has 1 aromatic carbocycles. The molecule has 16 heavy (non-hydrogen) atoms. The predicted octanol–water partition coefficient (Wildman–Crippen LogP) is 3.49. The van der Waals surface area contributed by atoms with Crippen molar-refractivity contribution >= 4 is 11.0 Å². The summed E-state index contributed by atoms with van der Waals surface area (Å²) in [7, 11) is 0. The molecule has 2 rings (SSSR count). The van der Waals surface area contributed by atoms with Crippen molar-refractivity contribution in [3.8, 4) is 0 Å². The van der Waals surface area contributed by atoms with Crippen LogP contribution >= 0.6 is 0 Å². The van der Waals surface area contributed by atoms with Crippen LogP contribution in [0.4, 0.5) is 0 Å². The Morgan fingerprint density at radius 2 is 2.06 bits per heavy atom. The topological polar surface area (TPSA) is 25.2 Å². The zero-order valence-corrected chi connectivity index (χ0v) is 10.0. The Labute approximate surface area is 96.6 Å². The monoisotopic (exact) mass is 217 g/mol. The first-order valence-electron chi connectivity index (χ1n) is 6.05. The standard InChI is InChI=1S/C14H19NO/c1-3-7-15-10-13-9-12-8-11(4-2)5-6-14(12)16-13/h5-6,8-9,15H,3-4,7,10H2,1-2H3. The van der Waals surface area contributed by atoms with Gasteiger partial charge in [0.15, 0.2) is 0 Å². The van der Waals surface area contributed by atoms with Gasteiger partial charge in [0, 0.05) is 5.39 Å². The first kappa shape index (κ1) is 11.2. The van der Waals surface area contributed by atoms with Gasteiger partial charge in [0.1, 0.15) is 11.3 Å². The Bertz CT molecular complexity index is 459. The van der Waals surface area contributed by atoms with Crippen LogP contribution in [0, 0.1) is 0 Å². The third-order valence-corrected chi connectivity index (χ3v) is 2.77. The molecule has 0 saturated heterocycles. The molecule has 2 heteroatoms. The minimum absolute atomic E-state index is 0.823. The van der Waals surface area contributed by atoms with E-state index in [9.17, 15) is 0 Å². The molecule has 0 aliphatic rings. The van der Waals surface area contributed by atoms with Gasteiger partial charge in [-0.25, -0.2) is 0 Å². The smallest absolute Gasteiger partial charge is 0.134 e. The number of benzene rings is 1. The van der Waals surface area contributed by atoms with E-state index in [2.05, 4.69) is 43.4 Å². The average Bonchev–Trinajstić information content (AvgIpc) is 2.70. The summed E-state index contributed by atoms with van der Waals surface area (Å²) >= 11 is 0. The number of furan rings is 1. The third kappa shape index (κ3) is 2.45. The molecule has 0 bridgehead atoms. The van der Waals surface area contributed by atoms with Crippen LogP contribution in [-0.2, 0) is 13.0 Å². The Hall–Kier alpha value is -1.28. The minimum Gasteiger partial charge on any atom is -0.460 e. The number of fused-ring (bicyclic) bond motifs is 1. The van der Waals surface area contributed by atoms with Crippen LogP contribution in [-0.4, -0.2) is 6.54 Å². The van der Waals surface area contributed by atoms with Gasteiger partial charge in [-0.1, -0.05) is 19.9 Å². The molecule has 0 spiro atoms. The van der Waals surface area contributed by atoms with E-state index in [-0.39, 0.29) is 0 Å². The van der Waals surface area contributed by atoms with Gasteiger partial charge in [-0.15, -0.1) is 0 Å². The fraction of sp³-hybridized carbons (Fsp3) is 0.429. The van der Waals surface area contributed by atoms with Crippen LogP contribution in [0.2, 0.25) is 0 Å². The van der Waals surface area contributed by atoms with Crippen molar-refractivity contribution in [2.75, 3.05) is 6.54 Å². The van der Waals surface area contributed by atoms with Crippen molar-refractivity contribution in [1.82, 2.24) is 5.32 Å². The molecule has 0 aliphatic carbocycles. The minimum atomic E-state index is 0.823. The van der Waals surface area contributed by atoms with Crippen molar-refractivity contribution in [3.05, 3.63) is 35.6 Å². The van der Waals surface area contributed by atoms with E-state index in [4.69, 9.17) is 4.42 Å². The Balaban J connectivity index is 2.16. The Morgan fingerprint density at radius 1 is 1.19 bits per heavy atom. The average molecular weight is 217 g/mol. The molecule has 2 nitrogen and oxygen atoms in total. The molecular weight excluding hydrogens is 198 g/mol. The largest absolute Gasteiger partial charge is 0.460 e. The molecule has 0 unspecified atom stereocenters. The van der Waals surface area contributed by atoms with Crippen LogP contribution in [0.1, 0.15) is 31.6 Å². The normalized spacial score (nSPS) is 11.1. The first-order valence-corrected chi connectivity index (χ1v) is 6.05. The highest BCUT2D eigenvalue weighted by Crippen LogP contribution is 2.20. The fourth-order valence-corrected chi connectivity index (χ4v) is 1.84. The molecule has 86 valence electrons. The molecule has 0 radical (unpaired) electrons. The zero-order chi connectivity index (χ0) is 11.4. The highest BCUT2D eigenvalue weighted by atomic mass is 16.3. The van der Waals surface area contributed by atoms with E-state index in [1.54, 1.807) is 0 Å². The van der Waals surface area contributed by atoms with E-state index in [0.717, 1.165) is 37.3 Å². The first-order chi connectivity index (χ1) is 7.83.